The van der Waals surface area contributed by atoms with E-state index < -0.39 is 31.8 Å². The molecular formula is C7H6ClF3N2O2S. The molecule has 0 unspecified atom stereocenters. The van der Waals surface area contributed by atoms with Crippen LogP contribution in [0.5, 0.6) is 0 Å². The monoisotopic (exact) mass is 274 g/mol. The maximum absolute atomic E-state index is 12.4. The van der Waals surface area contributed by atoms with Crippen molar-refractivity contribution >= 4 is 21.6 Å². The minimum absolute atomic E-state index is 0.432. The second kappa shape index (κ2) is 4.19. The van der Waals surface area contributed by atoms with Gasteiger partial charge in [-0.2, -0.15) is 13.2 Å². The number of hydrogen-bond donors (Lipinski definition) is 1. The molecule has 0 aliphatic rings. The molecule has 0 atom stereocenters. The molecule has 0 bridgehead atoms. The fraction of sp³-hybridized carbons (Fsp3) is 0.286. The van der Waals surface area contributed by atoms with Crippen molar-refractivity contribution in [3.63, 3.8) is 0 Å². The first-order valence-electron chi connectivity index (χ1n) is 3.85. The zero-order chi connectivity index (χ0) is 12.6. The molecule has 0 fully saturated rings. The summed E-state index contributed by atoms with van der Waals surface area (Å²) in [4.78, 5) is 2.60. The van der Waals surface area contributed by atoms with Gasteiger partial charge in [-0.15, -0.1) is 0 Å². The third-order valence-electron chi connectivity index (χ3n) is 1.70. The Morgan fingerprint density at radius 3 is 2.44 bits per heavy atom. The highest BCUT2D eigenvalue weighted by molar-refractivity contribution is 7.89. The van der Waals surface area contributed by atoms with Crippen LogP contribution in [0.4, 0.5) is 13.2 Å². The molecule has 0 aromatic carbocycles. The van der Waals surface area contributed by atoms with Crippen molar-refractivity contribution < 1.29 is 21.6 Å². The Balaban J connectivity index is 3.40. The SMILES string of the molecule is CNS(=O)(=O)c1cnc(Cl)c(C(F)(F)F)c1. The average Bonchev–Trinajstić information content (AvgIpc) is 2.16. The molecule has 1 N–H and O–H groups in total. The van der Waals surface area contributed by atoms with Crippen LogP contribution < -0.4 is 4.72 Å². The lowest BCUT2D eigenvalue weighted by Crippen LogP contribution is -2.20. The summed E-state index contributed by atoms with van der Waals surface area (Å²) in [7, 11) is -2.89. The van der Waals surface area contributed by atoms with E-state index in [1.165, 1.54) is 0 Å². The molecule has 1 rings (SSSR count). The maximum Gasteiger partial charge on any atom is 0.419 e. The molecule has 0 saturated carbocycles. The lowest BCUT2D eigenvalue weighted by molar-refractivity contribution is -0.137. The number of sulfonamides is 1. The van der Waals surface area contributed by atoms with E-state index in [-0.39, 0.29) is 0 Å². The van der Waals surface area contributed by atoms with E-state index >= 15 is 0 Å². The van der Waals surface area contributed by atoms with Gasteiger partial charge >= 0.3 is 6.18 Å². The van der Waals surface area contributed by atoms with Crippen LogP contribution in [0.15, 0.2) is 17.2 Å². The largest absolute Gasteiger partial charge is 0.419 e. The number of alkyl halides is 3. The standard InChI is InChI=1S/C7H6ClF3N2O2S/c1-12-16(14,15)4-2-5(7(9,10)11)6(8)13-3-4/h2-3,12H,1H3. The number of aromatic nitrogens is 1. The Labute approximate surface area is 94.5 Å². The van der Waals surface area contributed by atoms with Crippen LogP contribution in [0.3, 0.4) is 0 Å². The number of pyridine rings is 1. The first-order chi connectivity index (χ1) is 7.18. The molecule has 0 aliphatic carbocycles. The second-order valence-electron chi connectivity index (χ2n) is 2.71. The number of hydrogen-bond acceptors (Lipinski definition) is 3. The molecule has 1 aromatic heterocycles. The van der Waals surface area contributed by atoms with E-state index in [1.54, 1.807) is 0 Å². The fourth-order valence-corrected chi connectivity index (χ4v) is 1.80. The van der Waals surface area contributed by atoms with Gasteiger partial charge in [0.25, 0.3) is 0 Å². The molecule has 0 amide bonds. The highest BCUT2D eigenvalue weighted by atomic mass is 35.5. The molecule has 0 saturated heterocycles. The smallest absolute Gasteiger partial charge is 0.243 e. The summed E-state index contributed by atoms with van der Waals surface area (Å²) >= 11 is 5.23. The summed E-state index contributed by atoms with van der Waals surface area (Å²) in [5, 5.41) is -0.789. The maximum atomic E-state index is 12.4. The summed E-state index contributed by atoms with van der Waals surface area (Å²) < 4.78 is 61.5. The third kappa shape index (κ3) is 2.63. The van der Waals surface area contributed by atoms with E-state index in [9.17, 15) is 21.6 Å². The summed E-state index contributed by atoms with van der Waals surface area (Å²) in [6, 6.07) is 0.432. The lowest BCUT2D eigenvalue weighted by atomic mass is 10.3. The molecule has 90 valence electrons. The van der Waals surface area contributed by atoms with E-state index in [4.69, 9.17) is 11.6 Å². The third-order valence-corrected chi connectivity index (χ3v) is 3.38. The van der Waals surface area contributed by atoms with Gasteiger partial charge in [-0.25, -0.2) is 18.1 Å². The number of nitrogens with zero attached hydrogens (tertiary/aromatic N) is 1. The van der Waals surface area contributed by atoms with Gasteiger partial charge in [0.05, 0.1) is 5.56 Å². The van der Waals surface area contributed by atoms with Crippen LogP contribution in [0.2, 0.25) is 5.15 Å². The van der Waals surface area contributed by atoms with E-state index in [0.29, 0.717) is 6.07 Å². The Hall–Kier alpha value is -0.860. The van der Waals surface area contributed by atoms with Crippen molar-refractivity contribution in [2.24, 2.45) is 0 Å². The van der Waals surface area contributed by atoms with Gasteiger partial charge in [0.1, 0.15) is 10.0 Å². The van der Waals surface area contributed by atoms with Crippen molar-refractivity contribution in [3.8, 4) is 0 Å². The van der Waals surface area contributed by atoms with Gasteiger partial charge in [0.2, 0.25) is 10.0 Å². The Morgan fingerprint density at radius 2 is 2.00 bits per heavy atom. The Morgan fingerprint density at radius 1 is 1.44 bits per heavy atom. The first-order valence-corrected chi connectivity index (χ1v) is 5.71. The molecule has 0 radical (unpaired) electrons. The lowest BCUT2D eigenvalue weighted by Gasteiger charge is -2.09. The van der Waals surface area contributed by atoms with E-state index in [1.807, 2.05) is 4.72 Å². The normalized spacial score (nSPS) is 12.8. The Bertz CT molecular complexity index is 501. The summed E-state index contributed by atoms with van der Waals surface area (Å²) in [6.07, 6.45) is -3.99. The summed E-state index contributed by atoms with van der Waals surface area (Å²) in [6.45, 7) is 0. The quantitative estimate of drug-likeness (QED) is 0.835. The van der Waals surface area contributed by atoms with Crippen LogP contribution in [0, 0.1) is 0 Å². The molecule has 16 heavy (non-hydrogen) atoms. The minimum atomic E-state index is -4.75. The van der Waals surface area contributed by atoms with Gasteiger partial charge in [-0.1, -0.05) is 11.6 Å². The van der Waals surface area contributed by atoms with E-state index in [2.05, 4.69) is 4.98 Å². The molecule has 0 spiro atoms. The molecule has 9 heteroatoms. The second-order valence-corrected chi connectivity index (χ2v) is 4.96. The average molecular weight is 275 g/mol. The zero-order valence-corrected chi connectivity index (χ0v) is 9.41. The molecule has 4 nitrogen and oxygen atoms in total. The van der Waals surface area contributed by atoms with Gasteiger partial charge in [0.15, 0.2) is 0 Å². The first kappa shape index (κ1) is 13.2. The summed E-state index contributed by atoms with van der Waals surface area (Å²) in [5.41, 5.74) is -1.29. The Kier molecular flexibility index (Phi) is 3.46. The highest BCUT2D eigenvalue weighted by Gasteiger charge is 2.35. The van der Waals surface area contributed by atoms with Crippen molar-refractivity contribution in [1.82, 2.24) is 9.71 Å². The van der Waals surface area contributed by atoms with Gasteiger partial charge < -0.3 is 0 Å². The van der Waals surface area contributed by atoms with Crippen molar-refractivity contribution in [2.45, 2.75) is 11.1 Å². The van der Waals surface area contributed by atoms with Crippen LogP contribution in [0.1, 0.15) is 5.56 Å². The molecule has 0 aliphatic heterocycles. The predicted octanol–water partition coefficient (Wildman–Crippen LogP) is 1.66. The molecule has 1 heterocycles. The van der Waals surface area contributed by atoms with Gasteiger partial charge in [-0.05, 0) is 13.1 Å². The summed E-state index contributed by atoms with van der Waals surface area (Å²) in [5.74, 6) is 0. The van der Waals surface area contributed by atoms with Gasteiger partial charge in [-0.3, -0.25) is 0 Å². The fourth-order valence-electron chi connectivity index (χ4n) is 0.893. The zero-order valence-electron chi connectivity index (χ0n) is 7.84. The van der Waals surface area contributed by atoms with Gasteiger partial charge in [0, 0.05) is 6.20 Å². The predicted molar refractivity (Wildman–Crippen MR) is 50.5 cm³/mol. The van der Waals surface area contributed by atoms with Crippen molar-refractivity contribution in [3.05, 3.63) is 23.0 Å². The topological polar surface area (TPSA) is 59.1 Å². The highest BCUT2D eigenvalue weighted by Crippen LogP contribution is 2.34. The van der Waals surface area contributed by atoms with Crippen molar-refractivity contribution in [1.29, 1.82) is 0 Å². The molecular weight excluding hydrogens is 269 g/mol. The number of halogens is 4. The minimum Gasteiger partial charge on any atom is -0.243 e. The van der Waals surface area contributed by atoms with Crippen LogP contribution in [-0.4, -0.2) is 20.4 Å². The number of rotatable bonds is 2. The van der Waals surface area contributed by atoms with Crippen LogP contribution >= 0.6 is 11.6 Å². The van der Waals surface area contributed by atoms with E-state index in [0.717, 1.165) is 13.2 Å². The van der Waals surface area contributed by atoms with Crippen LogP contribution in [0.25, 0.3) is 0 Å². The van der Waals surface area contributed by atoms with Crippen molar-refractivity contribution in [2.75, 3.05) is 7.05 Å². The molecule has 1 aromatic rings. The number of nitrogens with one attached hydrogen (secondary N) is 1. The van der Waals surface area contributed by atoms with Crippen LogP contribution in [-0.2, 0) is 16.2 Å².